The second-order valence-electron chi connectivity index (χ2n) is 5.47. The lowest BCUT2D eigenvalue weighted by atomic mass is 10.3. The molecule has 2 aromatic rings. The van der Waals surface area contributed by atoms with Crippen LogP contribution in [0.3, 0.4) is 0 Å². The summed E-state index contributed by atoms with van der Waals surface area (Å²) in [5.41, 5.74) is 0.551. The van der Waals surface area contributed by atoms with Gasteiger partial charge in [0.1, 0.15) is 19.3 Å². The van der Waals surface area contributed by atoms with E-state index < -0.39 is 6.10 Å². The Morgan fingerprint density at radius 3 is 2.65 bits per heavy atom. The summed E-state index contributed by atoms with van der Waals surface area (Å²) in [5, 5.41) is 11.9. The molecule has 2 rings (SSSR count). The molecule has 0 aromatic carbocycles. The molecule has 1 unspecified atom stereocenters. The molecular weight excluding hydrogens is 326 g/mol. The standard InChI is InChI=1S/C13H21N5O3.ClH.H2O/c1-8(2)14-5-9(19)6-21-13-16-11-10(12(20)18(13)4)17(3)7-15-11;;/h7-9,14,19H,5-6H2,1-4H3;1H;1H2. The van der Waals surface area contributed by atoms with Crippen molar-refractivity contribution in [2.24, 2.45) is 14.1 Å². The van der Waals surface area contributed by atoms with Crippen molar-refractivity contribution in [2.45, 2.75) is 26.0 Å². The van der Waals surface area contributed by atoms with Gasteiger partial charge in [0.15, 0.2) is 11.2 Å². The van der Waals surface area contributed by atoms with Crippen LogP contribution < -0.4 is 28.0 Å². The second kappa shape index (κ2) is 8.82. The van der Waals surface area contributed by atoms with E-state index in [9.17, 15) is 9.90 Å². The zero-order valence-corrected chi connectivity index (χ0v) is 14.4. The SMILES string of the molecule is CC(C)[NH2+]CC(O)COc1nc2ncn(C)c2c(=O)n1C.O.[Cl-]. The number of fused-ring (bicyclic) bond motifs is 1. The van der Waals surface area contributed by atoms with E-state index in [4.69, 9.17) is 4.74 Å². The summed E-state index contributed by atoms with van der Waals surface area (Å²) >= 11 is 0. The molecule has 1 atom stereocenters. The topological polar surface area (TPSA) is 130 Å². The van der Waals surface area contributed by atoms with E-state index in [1.54, 1.807) is 18.7 Å². The lowest BCUT2D eigenvalue weighted by Crippen LogP contribution is -3.00. The number of aryl methyl sites for hydroxylation is 1. The molecule has 0 amide bonds. The molecule has 10 heteroatoms. The average molecular weight is 350 g/mol. The van der Waals surface area contributed by atoms with Crippen molar-refractivity contribution >= 4 is 11.2 Å². The molecule has 9 nitrogen and oxygen atoms in total. The van der Waals surface area contributed by atoms with Gasteiger partial charge in [0.2, 0.25) is 0 Å². The molecule has 0 radical (unpaired) electrons. The Hall–Kier alpha value is -1.68. The Morgan fingerprint density at radius 2 is 2.04 bits per heavy atom. The van der Waals surface area contributed by atoms with E-state index in [-0.39, 0.29) is 36.1 Å². The van der Waals surface area contributed by atoms with Crippen molar-refractivity contribution in [3.05, 3.63) is 16.7 Å². The van der Waals surface area contributed by atoms with Gasteiger partial charge in [-0.05, 0) is 13.8 Å². The highest BCUT2D eigenvalue weighted by Gasteiger charge is 2.15. The number of imidazole rings is 1. The highest BCUT2D eigenvalue weighted by atomic mass is 35.5. The number of aliphatic hydroxyl groups is 1. The predicted octanol–water partition coefficient (Wildman–Crippen LogP) is -5.44. The maximum absolute atomic E-state index is 12.2. The lowest BCUT2D eigenvalue weighted by Gasteiger charge is -2.13. The first-order valence-corrected chi connectivity index (χ1v) is 6.92. The summed E-state index contributed by atoms with van der Waals surface area (Å²) < 4.78 is 8.41. The first-order chi connectivity index (χ1) is 9.90. The number of hydrogen-bond donors (Lipinski definition) is 2. The smallest absolute Gasteiger partial charge is 0.301 e. The Kier molecular flexibility index (Phi) is 8.18. The van der Waals surface area contributed by atoms with Gasteiger partial charge in [0.25, 0.3) is 5.56 Å². The highest BCUT2D eigenvalue weighted by molar-refractivity contribution is 5.69. The molecule has 2 aromatic heterocycles. The van der Waals surface area contributed by atoms with Crippen LogP contribution in [0.25, 0.3) is 11.2 Å². The largest absolute Gasteiger partial charge is 1.00 e. The van der Waals surface area contributed by atoms with Crippen LogP contribution in [0, 0.1) is 0 Å². The summed E-state index contributed by atoms with van der Waals surface area (Å²) in [5.74, 6) is 0. The lowest BCUT2D eigenvalue weighted by molar-refractivity contribution is -0.688. The van der Waals surface area contributed by atoms with Gasteiger partial charge in [-0.25, -0.2) is 4.98 Å². The first kappa shape index (κ1) is 21.3. The van der Waals surface area contributed by atoms with Crippen LogP contribution in [0.15, 0.2) is 11.1 Å². The van der Waals surface area contributed by atoms with Crippen LogP contribution in [0.5, 0.6) is 6.01 Å². The molecule has 0 aliphatic rings. The number of nitrogens with two attached hydrogens (primary N) is 1. The fourth-order valence-corrected chi connectivity index (χ4v) is 1.95. The Morgan fingerprint density at radius 1 is 1.39 bits per heavy atom. The zero-order valence-electron chi connectivity index (χ0n) is 13.7. The van der Waals surface area contributed by atoms with E-state index in [0.717, 1.165) is 0 Å². The van der Waals surface area contributed by atoms with Crippen molar-refractivity contribution < 1.29 is 33.0 Å². The molecule has 0 fully saturated rings. The zero-order chi connectivity index (χ0) is 15.6. The Bertz CT molecular complexity index is 685. The van der Waals surface area contributed by atoms with E-state index in [0.29, 0.717) is 23.8 Å². The van der Waals surface area contributed by atoms with Gasteiger partial charge in [-0.2, -0.15) is 4.98 Å². The van der Waals surface area contributed by atoms with E-state index in [1.165, 1.54) is 10.9 Å². The van der Waals surface area contributed by atoms with Crippen LogP contribution >= 0.6 is 0 Å². The molecule has 0 spiro atoms. The van der Waals surface area contributed by atoms with Gasteiger partial charge < -0.3 is 37.6 Å². The molecule has 23 heavy (non-hydrogen) atoms. The van der Waals surface area contributed by atoms with Gasteiger partial charge in [-0.1, -0.05) is 0 Å². The fraction of sp³-hybridized carbons (Fsp3) is 0.615. The van der Waals surface area contributed by atoms with Gasteiger partial charge >= 0.3 is 6.01 Å². The van der Waals surface area contributed by atoms with Crippen molar-refractivity contribution in [3.63, 3.8) is 0 Å². The normalized spacial score (nSPS) is 11.9. The minimum Gasteiger partial charge on any atom is -1.00 e. The molecular formula is C13H24ClN5O4. The number of rotatable bonds is 6. The number of quaternary nitrogens is 1. The fourth-order valence-electron chi connectivity index (χ4n) is 1.95. The molecule has 0 bridgehead atoms. The minimum absolute atomic E-state index is 0. The minimum atomic E-state index is -0.622. The summed E-state index contributed by atoms with van der Waals surface area (Å²) in [6, 6.07) is 0.571. The maximum atomic E-state index is 12.2. The highest BCUT2D eigenvalue weighted by Crippen LogP contribution is 2.09. The van der Waals surface area contributed by atoms with Crippen molar-refractivity contribution in [3.8, 4) is 6.01 Å². The first-order valence-electron chi connectivity index (χ1n) is 6.92. The molecule has 0 saturated carbocycles. The van der Waals surface area contributed by atoms with Crippen LogP contribution in [0.4, 0.5) is 0 Å². The van der Waals surface area contributed by atoms with Crippen LogP contribution in [0.1, 0.15) is 13.8 Å². The van der Waals surface area contributed by atoms with E-state index >= 15 is 0 Å². The summed E-state index contributed by atoms with van der Waals surface area (Å²) in [6.07, 6.45) is 0.915. The molecule has 0 aliphatic carbocycles. The molecule has 5 N–H and O–H groups in total. The molecule has 0 saturated heterocycles. The van der Waals surface area contributed by atoms with Gasteiger partial charge in [0, 0.05) is 14.1 Å². The van der Waals surface area contributed by atoms with Crippen LogP contribution in [-0.4, -0.2) is 55.0 Å². The molecule has 2 heterocycles. The number of nitrogens with zero attached hydrogens (tertiary/aromatic N) is 4. The Balaban J connectivity index is 0.00000242. The summed E-state index contributed by atoms with van der Waals surface area (Å²) in [7, 11) is 3.33. The van der Waals surface area contributed by atoms with Crippen molar-refractivity contribution in [1.82, 2.24) is 19.1 Å². The van der Waals surface area contributed by atoms with Gasteiger partial charge in [0.05, 0.1) is 12.4 Å². The third-order valence-electron chi connectivity index (χ3n) is 3.20. The third-order valence-corrected chi connectivity index (χ3v) is 3.20. The molecule has 0 aliphatic heterocycles. The second-order valence-corrected chi connectivity index (χ2v) is 5.47. The van der Waals surface area contributed by atoms with E-state index in [1.807, 2.05) is 19.2 Å². The summed E-state index contributed by atoms with van der Waals surface area (Å²) in [4.78, 5) is 20.5. The molecule has 132 valence electrons. The maximum Gasteiger partial charge on any atom is 0.301 e. The van der Waals surface area contributed by atoms with Crippen molar-refractivity contribution in [2.75, 3.05) is 13.2 Å². The number of aliphatic hydroxyl groups excluding tert-OH is 1. The summed E-state index contributed by atoms with van der Waals surface area (Å²) in [6.45, 7) is 4.72. The number of aromatic nitrogens is 4. The number of ether oxygens (including phenoxy) is 1. The van der Waals surface area contributed by atoms with Gasteiger partial charge in [-0.15, -0.1) is 0 Å². The quantitative estimate of drug-likeness (QED) is 0.537. The number of halogens is 1. The van der Waals surface area contributed by atoms with Crippen LogP contribution in [0.2, 0.25) is 0 Å². The Labute approximate surface area is 140 Å². The van der Waals surface area contributed by atoms with Crippen molar-refractivity contribution in [1.29, 1.82) is 0 Å². The van der Waals surface area contributed by atoms with Crippen LogP contribution in [-0.2, 0) is 14.1 Å². The monoisotopic (exact) mass is 349 g/mol. The predicted molar refractivity (Wildman–Crippen MR) is 80.8 cm³/mol. The van der Waals surface area contributed by atoms with Gasteiger partial charge in [-0.3, -0.25) is 9.36 Å². The third kappa shape index (κ3) is 4.90. The number of hydrogen-bond acceptors (Lipinski definition) is 5. The average Bonchev–Trinajstić information content (AvgIpc) is 2.80. The van der Waals surface area contributed by atoms with E-state index in [2.05, 4.69) is 9.97 Å².